The maximum Gasteiger partial charge on any atom is 0.226 e. The highest BCUT2D eigenvalue weighted by atomic mass is 16.5. The second-order valence-corrected chi connectivity index (χ2v) is 5.08. The Kier molecular flexibility index (Phi) is 5.55. The van der Waals surface area contributed by atoms with E-state index in [1.54, 1.807) is 20.5 Å². The van der Waals surface area contributed by atoms with Crippen LogP contribution in [0.2, 0.25) is 0 Å². The third kappa shape index (κ3) is 3.58. The lowest BCUT2D eigenvalue weighted by molar-refractivity contribution is -0.137. The van der Waals surface area contributed by atoms with Gasteiger partial charge in [-0.2, -0.15) is 0 Å². The number of hydrogen-bond donors (Lipinski definition) is 1. The molecule has 2 rings (SSSR count). The highest BCUT2D eigenvalue weighted by Crippen LogP contribution is 2.24. The summed E-state index contributed by atoms with van der Waals surface area (Å²) >= 11 is 0. The van der Waals surface area contributed by atoms with Crippen molar-refractivity contribution in [1.29, 1.82) is 0 Å². The Bertz CT molecular complexity index is 425. The number of ether oxygens (including phenoxy) is 2. The molecule has 0 bridgehead atoms. The fourth-order valence-electron chi connectivity index (χ4n) is 2.61. The van der Waals surface area contributed by atoms with Crippen molar-refractivity contribution >= 4 is 5.91 Å². The van der Waals surface area contributed by atoms with Gasteiger partial charge in [0.1, 0.15) is 0 Å². The van der Waals surface area contributed by atoms with Gasteiger partial charge in [-0.1, -0.05) is 0 Å². The van der Waals surface area contributed by atoms with Gasteiger partial charge >= 0.3 is 0 Å². The molecule has 6 nitrogen and oxygen atoms in total. The molecule has 1 aliphatic carbocycles. The Labute approximate surface area is 119 Å². The summed E-state index contributed by atoms with van der Waals surface area (Å²) in [6, 6.07) is 0. The molecule has 1 amide bonds. The largest absolute Gasteiger partial charge is 0.383 e. The number of aromatic amines is 1. The minimum absolute atomic E-state index is 0.0386. The molecule has 0 unspecified atom stereocenters. The molecule has 0 saturated heterocycles. The Morgan fingerprint density at radius 1 is 1.40 bits per heavy atom. The van der Waals surface area contributed by atoms with Crippen molar-refractivity contribution in [2.24, 2.45) is 5.92 Å². The van der Waals surface area contributed by atoms with Gasteiger partial charge in [0.2, 0.25) is 5.91 Å². The van der Waals surface area contributed by atoms with E-state index in [1.807, 2.05) is 4.90 Å². The van der Waals surface area contributed by atoms with Crippen LogP contribution in [0.4, 0.5) is 0 Å². The summed E-state index contributed by atoms with van der Waals surface area (Å²) < 4.78 is 10.2. The van der Waals surface area contributed by atoms with Gasteiger partial charge in [-0.15, -0.1) is 0 Å². The van der Waals surface area contributed by atoms with Crippen LogP contribution in [0.3, 0.4) is 0 Å². The number of methoxy groups -OCH3 is 2. The Hall–Kier alpha value is -1.40. The zero-order chi connectivity index (χ0) is 14.4. The van der Waals surface area contributed by atoms with Crippen LogP contribution in [0, 0.1) is 5.92 Å². The molecule has 0 radical (unpaired) electrons. The molecule has 6 heteroatoms. The van der Waals surface area contributed by atoms with Crippen LogP contribution in [-0.2, 0) is 27.1 Å². The molecule has 20 heavy (non-hydrogen) atoms. The fraction of sp³-hybridized carbons (Fsp3) is 0.714. The number of fused-ring (bicyclic) bond motifs is 1. The highest BCUT2D eigenvalue weighted by molar-refractivity contribution is 5.79. The summed E-state index contributed by atoms with van der Waals surface area (Å²) in [7, 11) is 3.30. The first-order valence-electron chi connectivity index (χ1n) is 7.04. The average Bonchev–Trinajstić information content (AvgIpc) is 2.94. The molecular formula is C14H23N3O3. The number of imidazole rings is 1. The van der Waals surface area contributed by atoms with Crippen LogP contribution in [0.1, 0.15) is 17.8 Å². The molecule has 1 heterocycles. The monoisotopic (exact) mass is 281 g/mol. The first-order valence-corrected chi connectivity index (χ1v) is 7.04. The molecule has 0 saturated carbocycles. The van der Waals surface area contributed by atoms with Gasteiger partial charge in [0.05, 0.1) is 25.2 Å². The second-order valence-electron chi connectivity index (χ2n) is 5.08. The molecule has 0 spiro atoms. The van der Waals surface area contributed by atoms with E-state index in [9.17, 15) is 4.79 Å². The van der Waals surface area contributed by atoms with Crippen LogP contribution < -0.4 is 0 Å². The number of H-pyrrole nitrogens is 1. The van der Waals surface area contributed by atoms with E-state index >= 15 is 0 Å². The first kappa shape index (κ1) is 15.0. The van der Waals surface area contributed by atoms with E-state index < -0.39 is 0 Å². The van der Waals surface area contributed by atoms with Crippen molar-refractivity contribution in [3.8, 4) is 0 Å². The van der Waals surface area contributed by atoms with Gasteiger partial charge in [0.25, 0.3) is 0 Å². The summed E-state index contributed by atoms with van der Waals surface area (Å²) in [6.07, 6.45) is 4.21. The quantitative estimate of drug-likeness (QED) is 0.796. The number of rotatable bonds is 7. The highest BCUT2D eigenvalue weighted by Gasteiger charge is 2.29. The topological polar surface area (TPSA) is 67.5 Å². The van der Waals surface area contributed by atoms with Crippen molar-refractivity contribution in [3.63, 3.8) is 0 Å². The lowest BCUT2D eigenvalue weighted by Crippen LogP contribution is -2.42. The van der Waals surface area contributed by atoms with Crippen molar-refractivity contribution in [2.45, 2.75) is 19.3 Å². The predicted octanol–water partition coefficient (Wildman–Crippen LogP) is 0.636. The number of carbonyl (C=O) groups excluding carboxylic acids is 1. The summed E-state index contributed by atoms with van der Waals surface area (Å²) in [5.41, 5.74) is 2.21. The number of aryl methyl sites for hydroxylation is 1. The van der Waals surface area contributed by atoms with Crippen molar-refractivity contribution < 1.29 is 14.3 Å². The smallest absolute Gasteiger partial charge is 0.226 e. The summed E-state index contributed by atoms with van der Waals surface area (Å²) in [4.78, 5) is 21.9. The van der Waals surface area contributed by atoms with Crippen LogP contribution in [0.25, 0.3) is 0 Å². The molecule has 1 aliphatic rings. The summed E-state index contributed by atoms with van der Waals surface area (Å²) in [5, 5.41) is 0. The third-order valence-corrected chi connectivity index (χ3v) is 3.78. The number of nitrogens with zero attached hydrogens (tertiary/aromatic N) is 2. The predicted molar refractivity (Wildman–Crippen MR) is 74.4 cm³/mol. The van der Waals surface area contributed by atoms with E-state index in [0.717, 1.165) is 30.7 Å². The summed E-state index contributed by atoms with van der Waals surface area (Å²) in [6.45, 7) is 2.34. The molecule has 112 valence electrons. The Morgan fingerprint density at radius 2 is 2.10 bits per heavy atom. The number of aromatic nitrogens is 2. The Morgan fingerprint density at radius 3 is 2.75 bits per heavy atom. The van der Waals surface area contributed by atoms with E-state index in [0.29, 0.717) is 26.3 Å². The average molecular weight is 281 g/mol. The normalized spacial score (nSPS) is 17.8. The standard InChI is InChI=1S/C14H23N3O3/c1-19-7-5-17(6-8-20-2)14(18)11-3-4-12-13(9-11)16-10-15-12/h10-11H,3-9H2,1-2H3,(H,15,16)/t11-/m0/s1. The zero-order valence-corrected chi connectivity index (χ0v) is 12.2. The molecule has 0 aromatic carbocycles. The SMILES string of the molecule is COCCN(CCOC)C(=O)[C@H]1CCc2nc[nH]c2C1. The van der Waals surface area contributed by atoms with Crippen molar-refractivity contribution in [1.82, 2.24) is 14.9 Å². The van der Waals surface area contributed by atoms with E-state index in [4.69, 9.17) is 9.47 Å². The minimum atomic E-state index is 0.0386. The maximum absolute atomic E-state index is 12.6. The maximum atomic E-state index is 12.6. The van der Waals surface area contributed by atoms with E-state index in [1.165, 1.54) is 0 Å². The number of hydrogen-bond acceptors (Lipinski definition) is 4. The Balaban J connectivity index is 1.96. The number of carbonyl (C=O) groups is 1. The number of nitrogens with one attached hydrogen (secondary N) is 1. The molecule has 0 fully saturated rings. The molecular weight excluding hydrogens is 258 g/mol. The van der Waals surface area contributed by atoms with Crippen LogP contribution >= 0.6 is 0 Å². The van der Waals surface area contributed by atoms with Crippen LogP contribution in [-0.4, -0.2) is 61.3 Å². The van der Waals surface area contributed by atoms with Gasteiger partial charge < -0.3 is 19.4 Å². The second kappa shape index (κ2) is 7.40. The van der Waals surface area contributed by atoms with Gasteiger partial charge in [-0.25, -0.2) is 4.98 Å². The minimum Gasteiger partial charge on any atom is -0.383 e. The van der Waals surface area contributed by atoms with E-state index in [-0.39, 0.29) is 11.8 Å². The van der Waals surface area contributed by atoms with E-state index in [2.05, 4.69) is 9.97 Å². The number of amides is 1. The first-order chi connectivity index (χ1) is 9.76. The lowest BCUT2D eigenvalue weighted by atomic mass is 9.88. The van der Waals surface area contributed by atoms with Gasteiger partial charge in [-0.3, -0.25) is 4.79 Å². The van der Waals surface area contributed by atoms with Crippen LogP contribution in [0.15, 0.2) is 6.33 Å². The van der Waals surface area contributed by atoms with Gasteiger partial charge in [-0.05, 0) is 12.8 Å². The van der Waals surface area contributed by atoms with Crippen molar-refractivity contribution in [3.05, 3.63) is 17.7 Å². The molecule has 1 aromatic rings. The van der Waals surface area contributed by atoms with Gasteiger partial charge in [0, 0.05) is 45.3 Å². The zero-order valence-electron chi connectivity index (χ0n) is 12.2. The molecule has 1 aromatic heterocycles. The van der Waals surface area contributed by atoms with Gasteiger partial charge in [0.15, 0.2) is 0 Å². The molecule has 1 atom stereocenters. The molecule has 0 aliphatic heterocycles. The summed E-state index contributed by atoms with van der Waals surface area (Å²) in [5.74, 6) is 0.232. The fourth-order valence-corrected chi connectivity index (χ4v) is 2.61. The lowest BCUT2D eigenvalue weighted by Gasteiger charge is -2.28. The van der Waals surface area contributed by atoms with Crippen LogP contribution in [0.5, 0.6) is 0 Å². The van der Waals surface area contributed by atoms with Crippen molar-refractivity contribution in [2.75, 3.05) is 40.5 Å². The third-order valence-electron chi connectivity index (χ3n) is 3.78. The molecule has 1 N–H and O–H groups in total.